The normalized spacial score (nSPS) is 14.9. The molecular formula is C5H6N3O2S+. The van der Waals surface area contributed by atoms with E-state index in [2.05, 4.69) is 9.97 Å². The zero-order valence-electron chi connectivity index (χ0n) is 5.59. The zero-order chi connectivity index (χ0) is 7.84. The van der Waals surface area contributed by atoms with E-state index in [1.165, 1.54) is 16.3 Å². The van der Waals surface area contributed by atoms with Crippen molar-refractivity contribution in [3.8, 4) is 0 Å². The zero-order valence-corrected chi connectivity index (χ0v) is 6.40. The Morgan fingerprint density at radius 2 is 2.18 bits per heavy atom. The number of hydrogen-bond donors (Lipinski definition) is 2. The first-order valence-electron chi connectivity index (χ1n) is 3.16. The van der Waals surface area contributed by atoms with Crippen LogP contribution in [-0.2, 0) is 6.54 Å². The third kappa shape index (κ3) is 0.988. The highest BCUT2D eigenvalue weighted by molar-refractivity contribution is 7.99. The van der Waals surface area contributed by atoms with E-state index in [-0.39, 0.29) is 5.69 Å². The summed E-state index contributed by atoms with van der Waals surface area (Å²) in [5, 5.41) is 0.652. The summed E-state index contributed by atoms with van der Waals surface area (Å²) in [6.45, 7) is 0.673. The van der Waals surface area contributed by atoms with Crippen molar-refractivity contribution in [2.75, 3.05) is 5.75 Å². The van der Waals surface area contributed by atoms with Crippen LogP contribution < -0.4 is 15.9 Å². The van der Waals surface area contributed by atoms with Gasteiger partial charge in [0, 0.05) is 5.75 Å². The molecular weight excluding hydrogens is 166 g/mol. The molecule has 58 valence electrons. The predicted octanol–water partition coefficient (Wildman–Crippen LogP) is -1.54. The third-order valence-corrected chi connectivity index (χ3v) is 2.47. The highest BCUT2D eigenvalue weighted by Crippen LogP contribution is 2.11. The van der Waals surface area contributed by atoms with Gasteiger partial charge in [-0.2, -0.15) is 9.55 Å². The number of H-pyrrole nitrogens is 2. The topological polar surface area (TPSA) is 69.6 Å². The molecule has 0 amide bonds. The number of hydrogen-bond acceptors (Lipinski definition) is 3. The lowest BCUT2D eigenvalue weighted by Gasteiger charge is -1.88. The van der Waals surface area contributed by atoms with Gasteiger partial charge in [-0.15, -0.1) is 0 Å². The molecule has 1 aliphatic heterocycles. The lowest BCUT2D eigenvalue weighted by atomic mass is 10.7. The van der Waals surface area contributed by atoms with E-state index in [0.717, 1.165) is 5.75 Å². The van der Waals surface area contributed by atoms with Crippen molar-refractivity contribution in [1.82, 2.24) is 9.97 Å². The second-order valence-corrected chi connectivity index (χ2v) is 3.27. The van der Waals surface area contributed by atoms with Crippen LogP contribution in [0.3, 0.4) is 0 Å². The Kier molecular flexibility index (Phi) is 1.35. The molecule has 0 spiro atoms. The minimum absolute atomic E-state index is 0.325. The predicted molar refractivity (Wildman–Crippen MR) is 38.6 cm³/mol. The molecule has 0 unspecified atom stereocenters. The van der Waals surface area contributed by atoms with Crippen molar-refractivity contribution in [3.63, 3.8) is 0 Å². The van der Waals surface area contributed by atoms with E-state index in [4.69, 9.17) is 0 Å². The molecule has 1 aliphatic rings. The van der Waals surface area contributed by atoms with Gasteiger partial charge in [-0.1, -0.05) is 11.8 Å². The molecule has 0 aromatic carbocycles. The Morgan fingerprint density at radius 1 is 1.36 bits per heavy atom. The monoisotopic (exact) mass is 172 g/mol. The molecule has 0 aliphatic carbocycles. The number of fused-ring (bicyclic) bond motifs is 1. The van der Waals surface area contributed by atoms with E-state index in [0.29, 0.717) is 11.7 Å². The van der Waals surface area contributed by atoms with Gasteiger partial charge in [0.2, 0.25) is 0 Å². The summed E-state index contributed by atoms with van der Waals surface area (Å²) in [7, 11) is 0. The van der Waals surface area contributed by atoms with E-state index >= 15 is 0 Å². The Hall–Kier alpha value is -1.04. The summed E-state index contributed by atoms with van der Waals surface area (Å²) < 4.78 is 1.52. The summed E-state index contributed by atoms with van der Waals surface area (Å²) >= 11 is 1.48. The molecule has 1 aromatic heterocycles. The number of aromatic nitrogens is 3. The van der Waals surface area contributed by atoms with Crippen LogP contribution >= 0.6 is 11.8 Å². The Morgan fingerprint density at radius 3 is 3.00 bits per heavy atom. The minimum atomic E-state index is -0.435. The quantitative estimate of drug-likeness (QED) is 0.466. The number of thioether (sulfide) groups is 1. The van der Waals surface area contributed by atoms with Gasteiger partial charge in [0.1, 0.15) is 0 Å². The maximum absolute atomic E-state index is 11.0. The van der Waals surface area contributed by atoms with Crippen LogP contribution in [0.5, 0.6) is 0 Å². The summed E-state index contributed by atoms with van der Waals surface area (Å²) in [6.07, 6.45) is 0. The first kappa shape index (κ1) is 6.66. The Bertz CT molecular complexity index is 393. The van der Waals surface area contributed by atoms with Crippen LogP contribution in [0.25, 0.3) is 0 Å². The van der Waals surface area contributed by atoms with Crippen molar-refractivity contribution in [2.45, 2.75) is 11.7 Å². The first-order valence-corrected chi connectivity index (χ1v) is 4.15. The molecule has 11 heavy (non-hydrogen) atoms. The summed E-state index contributed by atoms with van der Waals surface area (Å²) in [4.78, 5) is 26.4. The van der Waals surface area contributed by atoms with Gasteiger partial charge in [0.15, 0.2) is 0 Å². The van der Waals surface area contributed by atoms with E-state index in [1.807, 2.05) is 0 Å². The van der Waals surface area contributed by atoms with Gasteiger partial charge >= 0.3 is 11.4 Å². The fourth-order valence-corrected chi connectivity index (χ4v) is 1.97. The SMILES string of the molecule is O=c1[nH]c2[n+](c(=O)[nH]1)CCS2. The standard InChI is InChI=1S/C5H5N3O2S/c9-3-6-4(10)8-1-2-11-5(8)7-3/h1-2H2,(H,6,9,10)/p+1. The van der Waals surface area contributed by atoms with Crippen molar-refractivity contribution < 1.29 is 4.57 Å². The van der Waals surface area contributed by atoms with Crippen LogP contribution in [0.1, 0.15) is 0 Å². The minimum Gasteiger partial charge on any atom is -0.212 e. The molecule has 2 N–H and O–H groups in total. The smallest absolute Gasteiger partial charge is 0.212 e. The molecule has 0 radical (unpaired) electrons. The first-order chi connectivity index (χ1) is 5.27. The third-order valence-electron chi connectivity index (χ3n) is 1.48. The highest BCUT2D eigenvalue weighted by atomic mass is 32.2. The van der Waals surface area contributed by atoms with Crippen LogP contribution in [0.15, 0.2) is 14.7 Å². The molecule has 5 nitrogen and oxygen atoms in total. The molecule has 0 bridgehead atoms. The lowest BCUT2D eigenvalue weighted by molar-refractivity contribution is -0.744. The molecule has 2 rings (SSSR count). The van der Waals surface area contributed by atoms with Gasteiger partial charge in [-0.25, -0.2) is 14.6 Å². The van der Waals surface area contributed by atoms with Gasteiger partial charge < -0.3 is 0 Å². The highest BCUT2D eigenvalue weighted by Gasteiger charge is 2.20. The van der Waals surface area contributed by atoms with Crippen molar-refractivity contribution >= 4 is 11.8 Å². The summed E-state index contributed by atoms with van der Waals surface area (Å²) in [5.41, 5.74) is -0.760. The van der Waals surface area contributed by atoms with Gasteiger partial charge in [0.05, 0.1) is 6.54 Å². The second-order valence-electron chi connectivity index (χ2n) is 2.19. The maximum Gasteiger partial charge on any atom is 0.446 e. The van der Waals surface area contributed by atoms with Crippen molar-refractivity contribution in [1.29, 1.82) is 0 Å². The molecule has 0 fully saturated rings. The molecule has 0 atom stereocenters. The fraction of sp³-hybridized carbons (Fsp3) is 0.400. The summed E-state index contributed by atoms with van der Waals surface area (Å²) in [6, 6.07) is 0. The van der Waals surface area contributed by atoms with Crippen LogP contribution in [-0.4, -0.2) is 15.7 Å². The average molecular weight is 172 g/mol. The summed E-state index contributed by atoms with van der Waals surface area (Å²) in [5.74, 6) is 0.850. The van der Waals surface area contributed by atoms with E-state index in [1.54, 1.807) is 0 Å². The second kappa shape index (κ2) is 2.23. The number of nitrogens with zero attached hydrogens (tertiary/aromatic N) is 1. The van der Waals surface area contributed by atoms with E-state index < -0.39 is 5.69 Å². The number of nitrogens with one attached hydrogen (secondary N) is 2. The van der Waals surface area contributed by atoms with Gasteiger partial charge in [-0.05, 0) is 0 Å². The van der Waals surface area contributed by atoms with Crippen LogP contribution in [0.4, 0.5) is 0 Å². The van der Waals surface area contributed by atoms with Crippen molar-refractivity contribution in [2.24, 2.45) is 0 Å². The van der Waals surface area contributed by atoms with Crippen LogP contribution in [0, 0.1) is 0 Å². The Labute approximate surface area is 65.5 Å². The van der Waals surface area contributed by atoms with Crippen LogP contribution in [0.2, 0.25) is 0 Å². The lowest BCUT2D eigenvalue weighted by Crippen LogP contribution is -2.54. The molecule has 6 heteroatoms. The van der Waals surface area contributed by atoms with Gasteiger partial charge in [0.25, 0.3) is 5.16 Å². The van der Waals surface area contributed by atoms with E-state index in [9.17, 15) is 9.59 Å². The molecule has 0 saturated heterocycles. The van der Waals surface area contributed by atoms with Crippen molar-refractivity contribution in [3.05, 3.63) is 21.0 Å². The number of rotatable bonds is 0. The van der Waals surface area contributed by atoms with Gasteiger partial charge in [-0.3, -0.25) is 0 Å². The largest absolute Gasteiger partial charge is 0.446 e. The Balaban J connectivity index is 2.80. The molecule has 1 aromatic rings. The average Bonchev–Trinajstić information content (AvgIpc) is 2.34. The molecule has 0 saturated carbocycles. The molecule has 2 heterocycles. The number of aromatic amines is 2. The maximum atomic E-state index is 11.0. The fourth-order valence-electron chi connectivity index (χ4n) is 1.00.